The number of rotatable bonds is 20. The summed E-state index contributed by atoms with van der Waals surface area (Å²) in [6.07, 6.45) is 1.83. The molecule has 0 radical (unpaired) electrons. The number of ether oxygens (including phenoxy) is 3. The number of alkyl halides is 2. The Morgan fingerprint density at radius 1 is 0.982 bits per heavy atom. The first-order valence-corrected chi connectivity index (χ1v) is 18.0. The highest BCUT2D eigenvalue weighted by molar-refractivity contribution is 5.92. The van der Waals surface area contributed by atoms with E-state index in [0.717, 1.165) is 24.6 Å². The van der Waals surface area contributed by atoms with Crippen molar-refractivity contribution >= 4 is 34.3 Å². The second-order valence-electron chi connectivity index (χ2n) is 12.6. The summed E-state index contributed by atoms with van der Waals surface area (Å²) in [6.45, 7) is 3.64. The van der Waals surface area contributed by atoms with Crippen LogP contribution in [0.4, 0.5) is 29.1 Å². The van der Waals surface area contributed by atoms with E-state index in [-0.39, 0.29) is 72.9 Å². The van der Waals surface area contributed by atoms with Crippen molar-refractivity contribution in [3.8, 4) is 23.0 Å². The fourth-order valence-electron chi connectivity index (χ4n) is 5.56. The molecule has 1 amide bonds. The van der Waals surface area contributed by atoms with E-state index in [2.05, 4.69) is 30.7 Å². The number of anilines is 2. The third-order valence-electron chi connectivity index (χ3n) is 8.43. The molecule has 0 spiro atoms. The summed E-state index contributed by atoms with van der Waals surface area (Å²) in [7, 11) is 0. The molecule has 5 rings (SSSR count). The summed E-state index contributed by atoms with van der Waals surface area (Å²) < 4.78 is 75.0. The minimum atomic E-state index is -2.83. The lowest BCUT2D eigenvalue weighted by Gasteiger charge is -2.17. The Kier molecular flexibility index (Phi) is 14.5. The molecule has 0 fully saturated rings. The molecule has 3 heterocycles. The van der Waals surface area contributed by atoms with E-state index in [1.54, 1.807) is 31.2 Å². The zero-order valence-corrected chi connectivity index (χ0v) is 30.8. The van der Waals surface area contributed by atoms with Gasteiger partial charge >= 0.3 is 5.97 Å². The third-order valence-corrected chi connectivity index (χ3v) is 8.43. The quantitative estimate of drug-likeness (QED) is 0.0437. The lowest BCUT2D eigenvalue weighted by molar-refractivity contribution is -0.147. The molecular formula is C38H43F4N9O5. The van der Waals surface area contributed by atoms with Gasteiger partial charge in [0.1, 0.15) is 34.8 Å². The second kappa shape index (κ2) is 19.6. The van der Waals surface area contributed by atoms with Gasteiger partial charge in [-0.05, 0) is 51.4 Å². The van der Waals surface area contributed by atoms with Gasteiger partial charge in [-0.15, -0.1) is 0 Å². The fraction of sp³-hybridized carbons (Fsp3) is 0.368. The molecule has 0 saturated heterocycles. The Morgan fingerprint density at radius 2 is 1.75 bits per heavy atom. The maximum Gasteiger partial charge on any atom is 0.328 e. The van der Waals surface area contributed by atoms with Gasteiger partial charge in [0.05, 0.1) is 44.1 Å². The summed E-state index contributed by atoms with van der Waals surface area (Å²) in [5.74, 6) is -2.36. The Balaban J connectivity index is 1.33. The molecule has 0 bridgehead atoms. The van der Waals surface area contributed by atoms with Crippen LogP contribution in [0.15, 0.2) is 60.9 Å². The summed E-state index contributed by atoms with van der Waals surface area (Å²) in [5, 5.41) is 10.7. The molecule has 0 aliphatic carbocycles. The number of nitrogens with two attached hydrogens (primary N) is 2. The Labute approximate surface area is 319 Å². The Hall–Kier alpha value is -5.88. The Morgan fingerprint density at radius 3 is 2.48 bits per heavy atom. The molecule has 5 aromatic rings. The predicted molar refractivity (Wildman–Crippen MR) is 199 cm³/mol. The highest BCUT2D eigenvalue weighted by Crippen LogP contribution is 2.32. The van der Waals surface area contributed by atoms with E-state index in [0.29, 0.717) is 30.3 Å². The normalized spacial score (nSPS) is 12.4. The van der Waals surface area contributed by atoms with Crippen LogP contribution < -0.4 is 31.6 Å². The van der Waals surface area contributed by atoms with Crippen LogP contribution in [-0.4, -0.2) is 75.1 Å². The number of nitrogens with zero attached hydrogens (tertiary/aromatic N) is 5. The number of amides is 1. The van der Waals surface area contributed by atoms with E-state index in [9.17, 15) is 18.4 Å². The number of hydrogen-bond donors (Lipinski definition) is 4. The average molecular weight is 782 g/mol. The molecule has 298 valence electrons. The monoisotopic (exact) mass is 781 g/mol. The maximum absolute atomic E-state index is 15.1. The minimum Gasteiger partial charge on any atom is -0.494 e. The molecule has 0 aliphatic heterocycles. The van der Waals surface area contributed by atoms with E-state index in [1.807, 2.05) is 0 Å². The van der Waals surface area contributed by atoms with Crippen LogP contribution in [0.1, 0.15) is 57.2 Å². The van der Waals surface area contributed by atoms with Gasteiger partial charge in [0.15, 0.2) is 17.4 Å². The number of hydrogen-bond acceptors (Lipinski definition) is 12. The number of esters is 1. The van der Waals surface area contributed by atoms with Crippen molar-refractivity contribution in [3.05, 3.63) is 83.8 Å². The number of unbranched alkanes of at least 4 members (excludes halogenated alkanes) is 1. The van der Waals surface area contributed by atoms with Gasteiger partial charge in [-0.2, -0.15) is 5.10 Å². The minimum absolute atomic E-state index is 0.0207. The first kappa shape index (κ1) is 41.3. The van der Waals surface area contributed by atoms with Crippen LogP contribution in [0.5, 0.6) is 11.5 Å². The number of para-hydroxylation sites is 1. The topological polar surface area (TPSA) is 194 Å². The molecule has 56 heavy (non-hydrogen) atoms. The Bertz CT molecular complexity index is 2100. The molecule has 2 atom stereocenters. The van der Waals surface area contributed by atoms with Crippen molar-refractivity contribution in [1.82, 2.24) is 30.0 Å². The number of pyridine rings is 1. The van der Waals surface area contributed by atoms with Gasteiger partial charge < -0.3 is 36.3 Å². The molecule has 18 heteroatoms. The molecule has 2 unspecified atom stereocenters. The van der Waals surface area contributed by atoms with Gasteiger partial charge in [-0.1, -0.05) is 24.6 Å². The van der Waals surface area contributed by atoms with Crippen molar-refractivity contribution < 1.29 is 41.4 Å². The number of fused-ring (bicyclic) bond motifs is 1. The lowest BCUT2D eigenvalue weighted by atomic mass is 10.1. The number of nitrogens with one attached hydrogen (secondary N) is 2. The van der Waals surface area contributed by atoms with Crippen LogP contribution in [0.3, 0.4) is 0 Å². The highest BCUT2D eigenvalue weighted by Gasteiger charge is 2.22. The summed E-state index contributed by atoms with van der Waals surface area (Å²) in [6, 6.07) is 10.1. The molecule has 0 saturated carbocycles. The van der Waals surface area contributed by atoms with E-state index < -0.39 is 47.7 Å². The molecule has 2 aromatic carbocycles. The fourth-order valence-corrected chi connectivity index (χ4v) is 5.56. The number of aromatic nitrogens is 5. The summed E-state index contributed by atoms with van der Waals surface area (Å²) >= 11 is 0. The summed E-state index contributed by atoms with van der Waals surface area (Å²) in [4.78, 5) is 37.6. The maximum atomic E-state index is 15.1. The first-order chi connectivity index (χ1) is 27.0. The van der Waals surface area contributed by atoms with Gasteiger partial charge in [-0.25, -0.2) is 32.3 Å². The van der Waals surface area contributed by atoms with Crippen molar-refractivity contribution in [2.24, 2.45) is 11.5 Å². The first-order valence-electron chi connectivity index (χ1n) is 18.0. The zero-order valence-electron chi connectivity index (χ0n) is 30.8. The molecule has 6 N–H and O–H groups in total. The van der Waals surface area contributed by atoms with Crippen molar-refractivity contribution in [2.45, 2.75) is 64.6 Å². The number of benzene rings is 2. The molecule has 0 aliphatic rings. The molecule has 14 nitrogen and oxygen atoms in total. The van der Waals surface area contributed by atoms with Gasteiger partial charge in [-0.3, -0.25) is 14.5 Å². The molecule has 3 aromatic heterocycles. The second-order valence-corrected chi connectivity index (χ2v) is 12.6. The van der Waals surface area contributed by atoms with Gasteiger partial charge in [0, 0.05) is 41.4 Å². The SMILES string of the molecule is CCOc1cc(F)c(Cn2nc(-c3ncc(OCCCOC(=O)C(C)NC(=O)C(N)CCCCN)c(Nc4ccnc(C(F)F)c4)n3)c3ccccc32)c(F)c1. The van der Waals surface area contributed by atoms with Crippen LogP contribution in [-0.2, 0) is 20.9 Å². The van der Waals surface area contributed by atoms with E-state index in [1.165, 1.54) is 30.1 Å². The third kappa shape index (κ3) is 10.7. The van der Waals surface area contributed by atoms with Crippen LogP contribution in [0.2, 0.25) is 0 Å². The van der Waals surface area contributed by atoms with Crippen molar-refractivity contribution in [3.63, 3.8) is 0 Å². The van der Waals surface area contributed by atoms with Gasteiger partial charge in [0.2, 0.25) is 5.91 Å². The number of carbonyl (C=O) groups is 2. The average Bonchev–Trinajstić information content (AvgIpc) is 3.55. The predicted octanol–water partition coefficient (Wildman–Crippen LogP) is 5.57. The van der Waals surface area contributed by atoms with E-state index in [4.69, 9.17) is 25.7 Å². The number of carbonyl (C=O) groups excluding carboxylic acids is 2. The van der Waals surface area contributed by atoms with E-state index >= 15 is 8.78 Å². The highest BCUT2D eigenvalue weighted by atomic mass is 19.3. The smallest absolute Gasteiger partial charge is 0.328 e. The summed E-state index contributed by atoms with van der Waals surface area (Å²) in [5.41, 5.74) is 11.7. The lowest BCUT2D eigenvalue weighted by Crippen LogP contribution is -2.47. The van der Waals surface area contributed by atoms with Crippen LogP contribution >= 0.6 is 0 Å². The largest absolute Gasteiger partial charge is 0.494 e. The number of halogens is 4. The van der Waals surface area contributed by atoms with Crippen molar-refractivity contribution in [2.75, 3.05) is 31.7 Å². The van der Waals surface area contributed by atoms with Crippen molar-refractivity contribution in [1.29, 1.82) is 0 Å². The molecular weight excluding hydrogens is 738 g/mol. The van der Waals surface area contributed by atoms with Crippen LogP contribution in [0.25, 0.3) is 22.4 Å². The van der Waals surface area contributed by atoms with Gasteiger partial charge in [0.25, 0.3) is 6.43 Å². The van der Waals surface area contributed by atoms with Crippen LogP contribution in [0, 0.1) is 11.6 Å². The zero-order chi connectivity index (χ0) is 40.2. The standard InChI is InChI=1S/C38H43F4N9O5/c1-3-54-24-18-27(39)26(28(40)19-24)21-51-31-11-5-4-9-25(31)33(50-51)36-46-20-32(35(49-36)48-23-12-14-45-30(17-23)34(41)42)55-15-8-16-56-38(53)22(2)47-37(52)29(44)10-6-7-13-43/h4-5,9,11-12,14,17-20,22,29,34H,3,6-8,10,13,15-16,21,43-44H2,1-2H3,(H,47,52)(H,45,46,48,49).